The lowest BCUT2D eigenvalue weighted by atomic mass is 9.96. The van der Waals surface area contributed by atoms with Crippen molar-refractivity contribution < 1.29 is 14.1 Å². The van der Waals surface area contributed by atoms with E-state index in [9.17, 15) is 9.59 Å². The second-order valence-electron chi connectivity index (χ2n) is 7.50. The minimum Gasteiger partial charge on any atom is -0.350 e. The van der Waals surface area contributed by atoms with Gasteiger partial charge >= 0.3 is 6.03 Å². The van der Waals surface area contributed by atoms with Gasteiger partial charge < -0.3 is 24.1 Å². The summed E-state index contributed by atoms with van der Waals surface area (Å²) in [7, 11) is 2.08. The molecule has 2 aliphatic heterocycles. The molecule has 4 rings (SSSR count). The topological polar surface area (TPSA) is 73.1 Å². The standard InChI is InChI=1S/C18H27N5O3/c1-20-6-8-22(9-7-20)18(25)23-12-10-21(11-13-23)17(24)16-14-4-2-3-5-15(14)19-26-16/h2-13H2,1H3. The summed E-state index contributed by atoms with van der Waals surface area (Å²) < 4.78 is 5.38. The van der Waals surface area contributed by atoms with Crippen LogP contribution in [0.1, 0.15) is 34.7 Å². The highest BCUT2D eigenvalue weighted by atomic mass is 16.5. The number of hydrogen-bond acceptors (Lipinski definition) is 5. The summed E-state index contributed by atoms with van der Waals surface area (Å²) >= 11 is 0. The number of urea groups is 1. The van der Waals surface area contributed by atoms with Crippen molar-refractivity contribution in [3.8, 4) is 0 Å². The summed E-state index contributed by atoms with van der Waals surface area (Å²) in [5.74, 6) is 0.339. The Bertz CT molecular complexity index is 672. The van der Waals surface area contributed by atoms with Crippen LogP contribution < -0.4 is 0 Å². The van der Waals surface area contributed by atoms with E-state index in [0.29, 0.717) is 31.9 Å². The van der Waals surface area contributed by atoms with E-state index in [1.54, 1.807) is 4.90 Å². The molecule has 1 aromatic rings. The van der Waals surface area contributed by atoms with Crippen LogP contribution in [-0.4, -0.2) is 96.1 Å². The summed E-state index contributed by atoms with van der Waals surface area (Å²) in [5, 5.41) is 4.09. The van der Waals surface area contributed by atoms with Crippen molar-refractivity contribution in [3.63, 3.8) is 0 Å². The van der Waals surface area contributed by atoms with Gasteiger partial charge in [0.25, 0.3) is 5.91 Å². The van der Waals surface area contributed by atoms with Gasteiger partial charge in [-0.15, -0.1) is 0 Å². The largest absolute Gasteiger partial charge is 0.350 e. The lowest BCUT2D eigenvalue weighted by Gasteiger charge is -2.39. The van der Waals surface area contributed by atoms with Gasteiger partial charge in [-0.05, 0) is 32.7 Å². The molecule has 0 N–H and O–H groups in total. The Hall–Kier alpha value is -2.09. The maximum atomic E-state index is 12.8. The van der Waals surface area contributed by atoms with Crippen LogP contribution in [0.4, 0.5) is 4.79 Å². The van der Waals surface area contributed by atoms with Gasteiger partial charge in [-0.1, -0.05) is 5.16 Å². The smallest absolute Gasteiger partial charge is 0.320 e. The Kier molecular flexibility index (Phi) is 4.84. The molecule has 0 bridgehead atoms. The lowest BCUT2D eigenvalue weighted by Crippen LogP contribution is -2.57. The van der Waals surface area contributed by atoms with Crippen LogP contribution in [-0.2, 0) is 12.8 Å². The number of aryl methyl sites for hydroxylation is 1. The molecule has 0 unspecified atom stereocenters. The van der Waals surface area contributed by atoms with Crippen LogP contribution in [0.3, 0.4) is 0 Å². The van der Waals surface area contributed by atoms with Gasteiger partial charge in [-0.3, -0.25) is 4.79 Å². The summed E-state index contributed by atoms with van der Waals surface area (Å²) in [6, 6.07) is 0.0993. The van der Waals surface area contributed by atoms with Gasteiger partial charge in [-0.25, -0.2) is 4.79 Å². The molecule has 8 nitrogen and oxygen atoms in total. The highest BCUT2D eigenvalue weighted by molar-refractivity contribution is 5.93. The number of nitrogens with zero attached hydrogens (tertiary/aromatic N) is 5. The van der Waals surface area contributed by atoms with Gasteiger partial charge in [0.15, 0.2) is 0 Å². The molecule has 3 amide bonds. The van der Waals surface area contributed by atoms with Crippen molar-refractivity contribution in [1.82, 2.24) is 24.8 Å². The molecule has 1 aromatic heterocycles. The normalized spacial score (nSPS) is 21.7. The van der Waals surface area contributed by atoms with Crippen molar-refractivity contribution >= 4 is 11.9 Å². The number of aromatic nitrogens is 1. The monoisotopic (exact) mass is 361 g/mol. The fourth-order valence-electron chi connectivity index (χ4n) is 4.00. The van der Waals surface area contributed by atoms with Gasteiger partial charge in [0.2, 0.25) is 5.76 Å². The molecular formula is C18H27N5O3. The van der Waals surface area contributed by atoms with E-state index < -0.39 is 0 Å². The lowest BCUT2D eigenvalue weighted by molar-refractivity contribution is 0.0582. The first-order valence-corrected chi connectivity index (χ1v) is 9.62. The first kappa shape index (κ1) is 17.3. The van der Waals surface area contributed by atoms with Crippen molar-refractivity contribution in [3.05, 3.63) is 17.0 Å². The average molecular weight is 361 g/mol. The van der Waals surface area contributed by atoms with E-state index in [0.717, 1.165) is 63.1 Å². The number of amides is 3. The number of hydrogen-bond donors (Lipinski definition) is 0. The predicted molar refractivity (Wildman–Crippen MR) is 95.1 cm³/mol. The third-order valence-electron chi connectivity index (χ3n) is 5.77. The molecule has 2 fully saturated rings. The Labute approximate surface area is 153 Å². The van der Waals surface area contributed by atoms with Crippen LogP contribution in [0.25, 0.3) is 0 Å². The summed E-state index contributed by atoms with van der Waals surface area (Å²) in [4.78, 5) is 33.3. The first-order valence-electron chi connectivity index (χ1n) is 9.62. The zero-order valence-corrected chi connectivity index (χ0v) is 15.4. The zero-order valence-electron chi connectivity index (χ0n) is 15.4. The minimum atomic E-state index is -0.0765. The summed E-state index contributed by atoms with van der Waals surface area (Å²) in [6.07, 6.45) is 3.98. The van der Waals surface area contributed by atoms with Gasteiger partial charge in [0, 0.05) is 57.9 Å². The van der Waals surface area contributed by atoms with Crippen molar-refractivity contribution in [2.24, 2.45) is 0 Å². The van der Waals surface area contributed by atoms with E-state index in [1.807, 2.05) is 9.80 Å². The van der Waals surface area contributed by atoms with Gasteiger partial charge in [0.1, 0.15) is 0 Å². The minimum absolute atomic E-state index is 0.0765. The number of carbonyl (C=O) groups is 2. The van der Waals surface area contributed by atoms with Gasteiger partial charge in [0.05, 0.1) is 5.69 Å². The van der Waals surface area contributed by atoms with Crippen molar-refractivity contribution in [2.45, 2.75) is 25.7 Å². The van der Waals surface area contributed by atoms with Crippen molar-refractivity contribution in [2.75, 3.05) is 59.4 Å². The van der Waals surface area contributed by atoms with Crippen LogP contribution in [0.2, 0.25) is 0 Å². The number of rotatable bonds is 1. The first-order chi connectivity index (χ1) is 12.6. The molecular weight excluding hydrogens is 334 g/mol. The molecule has 142 valence electrons. The second-order valence-corrected chi connectivity index (χ2v) is 7.50. The molecule has 3 heterocycles. The van der Waals surface area contributed by atoms with Crippen LogP contribution in [0, 0.1) is 0 Å². The molecule has 0 saturated carbocycles. The van der Waals surface area contributed by atoms with E-state index >= 15 is 0 Å². The number of fused-ring (bicyclic) bond motifs is 1. The maximum Gasteiger partial charge on any atom is 0.320 e. The van der Waals surface area contributed by atoms with E-state index in [1.165, 1.54) is 0 Å². The Morgan fingerprint density at radius 2 is 1.42 bits per heavy atom. The Morgan fingerprint density at radius 3 is 2.12 bits per heavy atom. The Morgan fingerprint density at radius 1 is 0.846 bits per heavy atom. The van der Waals surface area contributed by atoms with Crippen LogP contribution >= 0.6 is 0 Å². The zero-order chi connectivity index (χ0) is 18.1. The fraction of sp³-hybridized carbons (Fsp3) is 0.722. The van der Waals surface area contributed by atoms with E-state index in [-0.39, 0.29) is 11.9 Å². The summed E-state index contributed by atoms with van der Waals surface area (Å²) in [6.45, 7) is 5.64. The van der Waals surface area contributed by atoms with Crippen LogP contribution in [0.5, 0.6) is 0 Å². The third-order valence-corrected chi connectivity index (χ3v) is 5.77. The van der Waals surface area contributed by atoms with E-state index in [4.69, 9.17) is 4.52 Å². The van der Waals surface area contributed by atoms with Crippen LogP contribution in [0.15, 0.2) is 4.52 Å². The molecule has 8 heteroatoms. The average Bonchev–Trinajstić information content (AvgIpc) is 3.12. The highest BCUT2D eigenvalue weighted by Gasteiger charge is 2.32. The molecule has 0 atom stereocenters. The second kappa shape index (κ2) is 7.26. The quantitative estimate of drug-likeness (QED) is 0.735. The molecule has 1 aliphatic carbocycles. The molecule has 2 saturated heterocycles. The molecule has 0 spiro atoms. The highest BCUT2D eigenvalue weighted by Crippen LogP contribution is 2.25. The van der Waals surface area contributed by atoms with Gasteiger partial charge in [-0.2, -0.15) is 0 Å². The molecule has 0 radical (unpaired) electrons. The van der Waals surface area contributed by atoms with E-state index in [2.05, 4.69) is 17.1 Å². The number of piperazine rings is 2. The fourth-order valence-corrected chi connectivity index (χ4v) is 4.00. The molecule has 3 aliphatic rings. The number of likely N-dealkylation sites (N-methyl/N-ethyl adjacent to an activating group) is 1. The Balaban J connectivity index is 1.34. The SMILES string of the molecule is CN1CCN(C(=O)N2CCN(C(=O)c3onc4c3CCCC4)CC2)CC1. The molecule has 26 heavy (non-hydrogen) atoms. The third kappa shape index (κ3) is 3.30. The summed E-state index contributed by atoms with van der Waals surface area (Å²) in [5.41, 5.74) is 1.95. The van der Waals surface area contributed by atoms with Crippen molar-refractivity contribution in [1.29, 1.82) is 0 Å². The number of carbonyl (C=O) groups excluding carboxylic acids is 2. The maximum absolute atomic E-state index is 12.8. The predicted octanol–water partition coefficient (Wildman–Crippen LogP) is 0.679. The molecule has 0 aromatic carbocycles.